The lowest BCUT2D eigenvalue weighted by Crippen LogP contribution is -2.05. The number of hydrogen-bond acceptors (Lipinski definition) is 2. The molecule has 0 heterocycles. The predicted molar refractivity (Wildman–Crippen MR) is 54.9 cm³/mol. The van der Waals surface area contributed by atoms with Crippen molar-refractivity contribution in [2.75, 3.05) is 5.75 Å². The van der Waals surface area contributed by atoms with Gasteiger partial charge in [-0.15, -0.1) is 0 Å². The van der Waals surface area contributed by atoms with Crippen LogP contribution >= 0.6 is 11.8 Å². The maximum absolute atomic E-state index is 12.3. The molecule has 1 nitrogen and oxygen atoms in total. The first-order chi connectivity index (χ1) is 6.95. The van der Waals surface area contributed by atoms with Gasteiger partial charge in [0.1, 0.15) is 5.75 Å². The van der Waals surface area contributed by atoms with Crippen LogP contribution in [0.1, 0.15) is 18.1 Å². The van der Waals surface area contributed by atoms with Gasteiger partial charge in [-0.2, -0.15) is 24.9 Å². The molecule has 0 aliphatic heterocycles. The SMILES string of the molecule is CCSCc1ccc(C(F)(F)F)c(O)c1. The molecule has 5 heteroatoms. The average molecular weight is 236 g/mol. The van der Waals surface area contributed by atoms with Crippen LogP contribution in [0.2, 0.25) is 0 Å². The summed E-state index contributed by atoms with van der Waals surface area (Å²) in [6.45, 7) is 1.97. The van der Waals surface area contributed by atoms with Crippen molar-refractivity contribution in [3.05, 3.63) is 29.3 Å². The molecule has 0 unspecified atom stereocenters. The summed E-state index contributed by atoms with van der Waals surface area (Å²) in [4.78, 5) is 0. The largest absolute Gasteiger partial charge is 0.507 e. The Hall–Kier alpha value is -0.840. The number of aromatic hydroxyl groups is 1. The fourth-order valence-electron chi connectivity index (χ4n) is 1.13. The minimum Gasteiger partial charge on any atom is -0.507 e. The van der Waals surface area contributed by atoms with Crippen molar-refractivity contribution in [2.45, 2.75) is 18.9 Å². The summed E-state index contributed by atoms with van der Waals surface area (Å²) in [5.74, 6) is 0.806. The second-order valence-electron chi connectivity index (χ2n) is 2.99. The summed E-state index contributed by atoms with van der Waals surface area (Å²) in [6, 6.07) is 3.48. The minimum atomic E-state index is -4.49. The zero-order chi connectivity index (χ0) is 11.5. The molecule has 1 rings (SSSR count). The lowest BCUT2D eigenvalue weighted by atomic mass is 10.1. The molecule has 0 radical (unpaired) electrons. The first-order valence-electron chi connectivity index (χ1n) is 4.42. The zero-order valence-corrected chi connectivity index (χ0v) is 8.95. The second-order valence-corrected chi connectivity index (χ2v) is 4.26. The van der Waals surface area contributed by atoms with Gasteiger partial charge in [-0.1, -0.05) is 13.0 Å². The maximum Gasteiger partial charge on any atom is 0.419 e. The molecule has 1 aromatic rings. The number of rotatable bonds is 3. The number of thioether (sulfide) groups is 1. The molecule has 1 N–H and O–H groups in total. The van der Waals surface area contributed by atoms with E-state index in [1.807, 2.05) is 6.92 Å². The Bertz CT molecular complexity index is 336. The third kappa shape index (κ3) is 3.34. The first-order valence-corrected chi connectivity index (χ1v) is 5.57. The Morgan fingerprint density at radius 3 is 2.47 bits per heavy atom. The minimum absolute atomic E-state index is 0.613. The molecule has 0 saturated carbocycles. The summed E-state index contributed by atoms with van der Waals surface area (Å²) >= 11 is 1.59. The molecule has 0 atom stereocenters. The smallest absolute Gasteiger partial charge is 0.419 e. The van der Waals surface area contributed by atoms with Crippen LogP contribution in [0.5, 0.6) is 5.75 Å². The highest BCUT2D eigenvalue weighted by Gasteiger charge is 2.33. The van der Waals surface area contributed by atoms with Gasteiger partial charge in [0.25, 0.3) is 0 Å². The Balaban J connectivity index is 2.89. The van der Waals surface area contributed by atoms with Gasteiger partial charge in [-0.3, -0.25) is 0 Å². The summed E-state index contributed by atoms with van der Waals surface area (Å²) in [5.41, 5.74) is -0.278. The number of halogens is 3. The highest BCUT2D eigenvalue weighted by molar-refractivity contribution is 7.98. The van der Waals surface area contributed by atoms with Crippen LogP contribution in [0.3, 0.4) is 0 Å². The van der Waals surface area contributed by atoms with Gasteiger partial charge < -0.3 is 5.11 Å². The number of phenolic OH excluding ortho intramolecular Hbond substituents is 1. The number of hydrogen-bond donors (Lipinski definition) is 1. The predicted octanol–water partition coefficient (Wildman–Crippen LogP) is 3.66. The average Bonchev–Trinajstić information content (AvgIpc) is 2.12. The number of benzene rings is 1. The topological polar surface area (TPSA) is 20.2 Å². The molecule has 1 aromatic carbocycles. The Kier molecular flexibility index (Phi) is 3.90. The van der Waals surface area contributed by atoms with Crippen molar-refractivity contribution >= 4 is 11.8 Å². The van der Waals surface area contributed by atoms with E-state index in [1.165, 1.54) is 12.1 Å². The lowest BCUT2D eigenvalue weighted by molar-refractivity contribution is -0.138. The van der Waals surface area contributed by atoms with Gasteiger partial charge in [-0.05, 0) is 23.4 Å². The van der Waals surface area contributed by atoms with Crippen molar-refractivity contribution < 1.29 is 18.3 Å². The van der Waals surface area contributed by atoms with Crippen LogP contribution < -0.4 is 0 Å². The van der Waals surface area contributed by atoms with Crippen LogP contribution in [0.15, 0.2) is 18.2 Å². The third-order valence-corrected chi connectivity index (χ3v) is 2.79. The van der Waals surface area contributed by atoms with E-state index in [9.17, 15) is 18.3 Å². The Morgan fingerprint density at radius 1 is 1.33 bits per heavy atom. The molecule has 0 aliphatic rings. The zero-order valence-electron chi connectivity index (χ0n) is 8.14. The van der Waals surface area contributed by atoms with Crippen LogP contribution in [0.25, 0.3) is 0 Å². The highest BCUT2D eigenvalue weighted by atomic mass is 32.2. The van der Waals surface area contributed by atoms with E-state index >= 15 is 0 Å². The van der Waals surface area contributed by atoms with E-state index in [1.54, 1.807) is 11.8 Å². The fraction of sp³-hybridized carbons (Fsp3) is 0.400. The highest BCUT2D eigenvalue weighted by Crippen LogP contribution is 2.36. The second kappa shape index (κ2) is 4.79. The molecule has 0 bridgehead atoms. The van der Waals surface area contributed by atoms with Gasteiger partial charge in [-0.25, -0.2) is 0 Å². The molecule has 0 saturated heterocycles. The van der Waals surface area contributed by atoms with Crippen LogP contribution in [0.4, 0.5) is 13.2 Å². The lowest BCUT2D eigenvalue weighted by Gasteiger charge is -2.09. The standard InChI is InChI=1S/C10H11F3OS/c1-2-15-6-7-3-4-8(9(14)5-7)10(11,12)13/h3-5,14H,2,6H2,1H3. The molecular weight excluding hydrogens is 225 g/mol. The van der Waals surface area contributed by atoms with Crippen LogP contribution in [-0.4, -0.2) is 10.9 Å². The van der Waals surface area contributed by atoms with E-state index in [2.05, 4.69) is 0 Å². The molecule has 0 fully saturated rings. The van der Waals surface area contributed by atoms with Gasteiger partial charge in [0.05, 0.1) is 5.56 Å². The normalized spacial score (nSPS) is 11.7. The van der Waals surface area contributed by atoms with E-state index in [0.717, 1.165) is 11.8 Å². The maximum atomic E-state index is 12.3. The summed E-state index contributed by atoms with van der Waals surface area (Å²) in [6.07, 6.45) is -4.49. The van der Waals surface area contributed by atoms with Crippen molar-refractivity contribution in [1.82, 2.24) is 0 Å². The van der Waals surface area contributed by atoms with Crippen molar-refractivity contribution in [2.24, 2.45) is 0 Å². The third-order valence-electron chi connectivity index (χ3n) is 1.84. The monoisotopic (exact) mass is 236 g/mol. The summed E-state index contributed by atoms with van der Waals surface area (Å²) in [5, 5.41) is 9.20. The molecule has 0 amide bonds. The van der Waals surface area contributed by atoms with Gasteiger partial charge in [0.2, 0.25) is 0 Å². The molecule has 84 valence electrons. The van der Waals surface area contributed by atoms with Gasteiger partial charge >= 0.3 is 6.18 Å². The number of alkyl halides is 3. The fourth-order valence-corrected chi connectivity index (χ4v) is 1.75. The first kappa shape index (κ1) is 12.2. The van der Waals surface area contributed by atoms with Gasteiger partial charge in [0, 0.05) is 5.75 Å². The summed E-state index contributed by atoms with van der Waals surface area (Å²) < 4.78 is 36.8. The summed E-state index contributed by atoms with van der Waals surface area (Å²) in [7, 11) is 0. The molecule has 0 aromatic heterocycles. The molecule has 15 heavy (non-hydrogen) atoms. The van der Waals surface area contributed by atoms with Crippen molar-refractivity contribution in [3.63, 3.8) is 0 Å². The van der Waals surface area contributed by atoms with Crippen LogP contribution in [-0.2, 0) is 11.9 Å². The molecule has 0 spiro atoms. The Morgan fingerprint density at radius 2 is 2.00 bits per heavy atom. The van der Waals surface area contributed by atoms with E-state index < -0.39 is 17.5 Å². The quantitative estimate of drug-likeness (QED) is 0.864. The van der Waals surface area contributed by atoms with Gasteiger partial charge in [0.15, 0.2) is 0 Å². The molecule has 0 aliphatic carbocycles. The van der Waals surface area contributed by atoms with E-state index in [-0.39, 0.29) is 0 Å². The Labute approximate surface area is 90.3 Å². The van der Waals surface area contributed by atoms with E-state index in [4.69, 9.17) is 0 Å². The number of phenols is 1. The molecular formula is C10H11F3OS. The van der Waals surface area contributed by atoms with Crippen molar-refractivity contribution in [1.29, 1.82) is 0 Å². The van der Waals surface area contributed by atoms with Crippen LogP contribution in [0, 0.1) is 0 Å². The van der Waals surface area contributed by atoms with Crippen molar-refractivity contribution in [3.8, 4) is 5.75 Å². The van der Waals surface area contributed by atoms with E-state index in [0.29, 0.717) is 11.3 Å².